The molecule has 0 aromatic carbocycles. The van der Waals surface area contributed by atoms with E-state index in [1.54, 1.807) is 0 Å². The summed E-state index contributed by atoms with van der Waals surface area (Å²) in [5.41, 5.74) is 0. The van der Waals surface area contributed by atoms with E-state index in [0.29, 0.717) is 0 Å². The number of hydrogen-bond acceptors (Lipinski definition) is 27. The maximum absolute atomic E-state index is 8.61. The van der Waals surface area contributed by atoms with Crippen LogP contribution in [-0.4, -0.2) is 0 Å². The largest absolute Gasteiger partial charge is 5.00 e. The summed E-state index contributed by atoms with van der Waals surface area (Å²) in [6.07, 6.45) is 0. The van der Waals surface area contributed by atoms with Crippen molar-refractivity contribution >= 4 is 0 Å². The van der Waals surface area contributed by atoms with Gasteiger partial charge in [0.15, 0.2) is 0 Å². The summed E-state index contributed by atoms with van der Waals surface area (Å²) in [4.78, 5) is 0. The third-order valence-corrected chi connectivity index (χ3v) is 0. The van der Waals surface area contributed by atoms with Crippen LogP contribution in [0.15, 0.2) is 0 Å². The first-order valence-electron chi connectivity index (χ1n) is 5.51. The van der Waals surface area contributed by atoms with Crippen molar-refractivity contribution in [2.45, 2.75) is 0 Å². The zero-order valence-corrected chi connectivity index (χ0v) is 45.5. The average molecular weight is 1450 g/mol. The van der Waals surface area contributed by atoms with E-state index >= 15 is 0 Å². The van der Waals surface area contributed by atoms with E-state index in [1.165, 1.54) is 0 Å². The van der Waals surface area contributed by atoms with Gasteiger partial charge in [0.05, 0.1) is 0 Å². The molecule has 0 aliphatic rings. The van der Waals surface area contributed by atoms with Gasteiger partial charge in [0.1, 0.15) is 0 Å². The molecule has 0 heterocycles. The van der Waals surface area contributed by atoms with Gasteiger partial charge < -0.3 is 0 Å². The molecule has 0 saturated heterocycles. The Labute approximate surface area is 357 Å². The van der Waals surface area contributed by atoms with E-state index in [4.69, 9.17) is 82.6 Å². The molecule has 0 bridgehead atoms. The fourth-order valence-corrected chi connectivity index (χ4v) is 0. The van der Waals surface area contributed by atoms with Crippen LogP contribution in [0, 0.1) is 0 Å². The Morgan fingerprint density at radius 3 is 0.200 bits per heavy atom. The van der Waals surface area contributed by atoms with Crippen LogP contribution in [0.5, 0.6) is 0 Å². The van der Waals surface area contributed by atoms with Gasteiger partial charge in [0.25, 0.3) is 0 Å². The Hall–Kier alpha value is 8.03. The minimum Gasteiger partial charge on any atom is 4.00 e. The molecule has 0 saturated carbocycles. The Morgan fingerprint density at radius 1 is 0.200 bits per heavy atom. The standard InChI is InChI=1S/27O.2Ti.2V.9Zr/q;;;;;;;;;18*-1;2*+4;2*+5;;;;;;;;;. The molecule has 0 rings (SSSR count). The molecule has 0 radical (unpaired) electrons. The smallest absolute Gasteiger partial charge is 4.00 e. The zero-order chi connectivity index (χ0) is 32.2. The molecule has 216 valence electrons. The molecule has 27 nitrogen and oxygen atoms in total. The van der Waals surface area contributed by atoms with Crippen LogP contribution in [0.25, 0.3) is 0 Å². The van der Waals surface area contributed by atoms with Crippen LogP contribution in [-0.2, 0) is 310 Å². The van der Waals surface area contributed by atoms with E-state index < -0.39 is 204 Å². The van der Waals surface area contributed by atoms with Crippen molar-refractivity contribution in [1.82, 2.24) is 0 Å². The number of rotatable bonds is 0. The Kier molecular flexibility index (Phi) is 176. The first-order valence-corrected chi connectivity index (χ1v) is 32.6. The topological polar surface area (TPSA) is 569 Å². The summed E-state index contributed by atoms with van der Waals surface area (Å²) in [7, 11) is 0. The van der Waals surface area contributed by atoms with E-state index in [9.17, 15) is 0 Å². The van der Waals surface area contributed by atoms with Gasteiger partial charge in [-0.1, -0.05) is 0 Å². The molecule has 0 aliphatic carbocycles. The van der Waals surface area contributed by atoms with E-state index in [-0.39, 0.29) is 80.5 Å². The molecule has 0 atom stereocenters. The Morgan fingerprint density at radius 2 is 0.200 bits per heavy atom. The minimum absolute atomic E-state index is 0. The molecule has 0 aliphatic heterocycles. The monoisotopic (exact) mass is 1440 g/mol. The van der Waals surface area contributed by atoms with Crippen LogP contribution >= 0.6 is 0 Å². The molecule has 0 aromatic heterocycles. The van der Waals surface area contributed by atoms with Crippen molar-refractivity contribution in [2.24, 2.45) is 0 Å². The van der Waals surface area contributed by atoms with E-state index in [1.807, 2.05) is 0 Å². The Bertz CT molecular complexity index is 430. The van der Waals surface area contributed by atoms with Gasteiger partial charge >= 0.3 is 367 Å². The second kappa shape index (κ2) is 81.2. The third-order valence-electron chi connectivity index (χ3n) is 0. The summed E-state index contributed by atoms with van der Waals surface area (Å²) in [6, 6.07) is 0. The van der Waals surface area contributed by atoms with Crippen molar-refractivity contribution in [3.05, 3.63) is 0 Å². The van der Waals surface area contributed by atoms with Crippen molar-refractivity contribution in [3.63, 3.8) is 0 Å². The van der Waals surface area contributed by atoms with Gasteiger partial charge in [-0.3, -0.25) is 0 Å². The second-order valence-electron chi connectivity index (χ2n) is 2.25. The molecule has 0 aromatic rings. The van der Waals surface area contributed by atoms with Crippen LogP contribution < -0.4 is 57.3 Å². The summed E-state index contributed by atoms with van der Waals surface area (Å²) < 4.78 is 233. The molecule has 0 unspecified atom stereocenters. The van der Waals surface area contributed by atoms with Crippen molar-refractivity contribution in [3.8, 4) is 0 Å². The molecule has 40 heavy (non-hydrogen) atoms. The summed E-state index contributed by atoms with van der Waals surface area (Å²) in [5, 5.41) is 0. The fourth-order valence-electron chi connectivity index (χ4n) is 0. The predicted molar refractivity (Wildman–Crippen MR) is 6.18 cm³/mol. The minimum atomic E-state index is -4.29. The summed E-state index contributed by atoms with van der Waals surface area (Å²) in [6.45, 7) is 0. The Balaban J connectivity index is -0.0000000184. The zero-order valence-electron chi connectivity index (χ0n) is 17.4. The van der Waals surface area contributed by atoms with Crippen molar-refractivity contribution in [2.75, 3.05) is 0 Å². The van der Waals surface area contributed by atoms with Crippen molar-refractivity contribution in [1.29, 1.82) is 0 Å². The molecule has 40 heteroatoms. The molecule has 0 N–H and O–H groups in total. The van der Waals surface area contributed by atoms with Crippen LogP contribution in [0.4, 0.5) is 0 Å². The molecular formula is O27Ti2V2Zr9. The third kappa shape index (κ3) is 1450. The van der Waals surface area contributed by atoms with Gasteiger partial charge in [-0.2, -0.15) is 0 Å². The molecule has 0 spiro atoms. The second-order valence-corrected chi connectivity index (χ2v) is 13.3. The summed E-state index contributed by atoms with van der Waals surface area (Å²) in [5.74, 6) is 0. The van der Waals surface area contributed by atoms with Gasteiger partial charge in [-0.05, 0) is 0 Å². The first kappa shape index (κ1) is 86.6. The van der Waals surface area contributed by atoms with Gasteiger partial charge in [0.2, 0.25) is 0 Å². The predicted octanol–water partition coefficient (Wildman–Crippen LogP) is -22.5. The van der Waals surface area contributed by atoms with Crippen LogP contribution in [0.3, 0.4) is 0 Å². The maximum Gasteiger partial charge on any atom is 5.00 e. The number of hydrogen-bond donors (Lipinski definition) is 0. The SMILES string of the molecule is [O]=[Zr]([O-])[O-].[O]=[Zr]([O-])[O-].[O]=[Zr]([O-])[O-].[O]=[Zr]([O-])[O-].[O]=[Zr]([O-])[O-].[O]=[Zr]([O-])[O-].[O]=[Zr]([O-])[O-].[O]=[Zr]([O-])[O-].[O]=[Zr]([O-])[O-].[Ti+4].[Ti+4].[V+5].[V+5]. The summed E-state index contributed by atoms with van der Waals surface area (Å²) >= 11 is -38.6. The van der Waals surface area contributed by atoms with Crippen LogP contribution in [0.2, 0.25) is 0 Å². The quantitative estimate of drug-likeness (QED) is 0.203. The first-order chi connectivity index (χ1) is 15.6. The molecule has 0 fully saturated rings. The van der Waals surface area contributed by atoms with Gasteiger partial charge in [0, 0.05) is 0 Å². The van der Waals surface area contributed by atoms with Crippen molar-refractivity contribution < 1.29 is 367 Å². The van der Waals surface area contributed by atoms with Gasteiger partial charge in [-0.15, -0.1) is 0 Å². The average Bonchev–Trinajstić information content (AvgIpc) is 2.39. The maximum atomic E-state index is 8.61. The van der Waals surface area contributed by atoms with E-state index in [0.717, 1.165) is 0 Å². The normalized spacial score (nSPS) is 5.85. The fraction of sp³-hybridized carbons (Fsp3) is 0. The van der Waals surface area contributed by atoms with Gasteiger partial charge in [-0.25, -0.2) is 0 Å². The van der Waals surface area contributed by atoms with E-state index in [2.05, 4.69) is 0 Å². The molecule has 0 amide bonds. The molecular weight excluding hydrogens is 1450 g/mol. The van der Waals surface area contributed by atoms with Crippen LogP contribution in [0.1, 0.15) is 0 Å².